The predicted octanol–water partition coefficient (Wildman–Crippen LogP) is 4.09. The van der Waals surface area contributed by atoms with Gasteiger partial charge in [-0.15, -0.1) is 0 Å². The Balaban J connectivity index is 0.000000659. The summed E-state index contributed by atoms with van der Waals surface area (Å²) in [7, 11) is 0.522. The summed E-state index contributed by atoms with van der Waals surface area (Å²) in [5.41, 5.74) is 2.34. The fraction of sp³-hybridized carbons (Fsp3) is 0.400. The summed E-state index contributed by atoms with van der Waals surface area (Å²) in [6, 6.07) is 7.37. The van der Waals surface area contributed by atoms with E-state index in [1.807, 2.05) is 59.5 Å². The van der Waals surface area contributed by atoms with Crippen LogP contribution >= 0.6 is 8.58 Å². The van der Waals surface area contributed by atoms with Gasteiger partial charge in [0.15, 0.2) is 5.43 Å². The normalized spacial score (nSPS) is 9.67. The molecule has 0 N–H and O–H groups in total. The molecule has 0 fully saturated rings. The van der Waals surface area contributed by atoms with E-state index in [-0.39, 0.29) is 5.43 Å². The third-order valence-electron chi connectivity index (χ3n) is 2.25. The molecule has 0 saturated carbocycles. The summed E-state index contributed by atoms with van der Waals surface area (Å²) >= 11 is 0. The zero-order valence-corrected chi connectivity index (χ0v) is 13.1. The van der Waals surface area contributed by atoms with Gasteiger partial charge in [-0.2, -0.15) is 0 Å². The summed E-state index contributed by atoms with van der Waals surface area (Å²) in [6.45, 7) is 11.8. The quantitative estimate of drug-likeness (QED) is 0.728. The van der Waals surface area contributed by atoms with Crippen molar-refractivity contribution in [3.63, 3.8) is 0 Å². The highest BCUT2D eigenvalue weighted by molar-refractivity contribution is 7.45. The lowest BCUT2D eigenvalue weighted by Gasteiger charge is -2.03. The van der Waals surface area contributed by atoms with Crippen LogP contribution in [0, 0.1) is 6.92 Å². The molecule has 100 valence electrons. The number of hydrogen-bond donors (Lipinski definition) is 0. The van der Waals surface area contributed by atoms with Crippen LogP contribution in [0.15, 0.2) is 33.5 Å². The van der Waals surface area contributed by atoms with Gasteiger partial charge in [0, 0.05) is 5.56 Å². The van der Waals surface area contributed by atoms with Crippen molar-refractivity contribution in [2.75, 3.05) is 6.66 Å². The lowest BCUT2D eigenvalue weighted by Crippen LogP contribution is -2.15. The van der Waals surface area contributed by atoms with E-state index in [1.165, 1.54) is 0 Å². The average molecular weight is 266 g/mol. The lowest BCUT2D eigenvalue weighted by molar-refractivity contribution is 0.639. The zero-order valence-electron chi connectivity index (χ0n) is 12.1. The van der Waals surface area contributed by atoms with Crippen molar-refractivity contribution in [2.24, 2.45) is 0 Å². The molecular formula is C15H23O2P. The maximum Gasteiger partial charge on any atom is 0.196 e. The van der Waals surface area contributed by atoms with Gasteiger partial charge in [-0.25, -0.2) is 0 Å². The molecule has 0 aliphatic rings. The molecule has 1 heterocycles. The van der Waals surface area contributed by atoms with Crippen LogP contribution in [0.2, 0.25) is 0 Å². The van der Waals surface area contributed by atoms with Crippen molar-refractivity contribution in [3.05, 3.63) is 40.1 Å². The third-order valence-corrected chi connectivity index (χ3v) is 3.18. The summed E-state index contributed by atoms with van der Waals surface area (Å²) < 4.78 is 5.63. The van der Waals surface area contributed by atoms with Gasteiger partial charge in [0.05, 0.1) is 5.39 Å². The predicted molar refractivity (Wildman–Crippen MR) is 83.8 cm³/mol. The van der Waals surface area contributed by atoms with Crippen LogP contribution in [0.5, 0.6) is 0 Å². The Morgan fingerprint density at radius 2 is 1.61 bits per heavy atom. The molecule has 0 bridgehead atoms. The molecular weight excluding hydrogens is 243 g/mol. The molecule has 0 aliphatic heterocycles. The van der Waals surface area contributed by atoms with E-state index in [0.29, 0.717) is 19.5 Å². The van der Waals surface area contributed by atoms with Crippen molar-refractivity contribution in [2.45, 2.75) is 34.6 Å². The third kappa shape index (κ3) is 3.68. The summed E-state index contributed by atoms with van der Waals surface area (Å²) in [5, 5.41) is 0.673. The van der Waals surface area contributed by atoms with Crippen molar-refractivity contribution in [1.82, 2.24) is 0 Å². The molecule has 1 aromatic heterocycles. The van der Waals surface area contributed by atoms with Gasteiger partial charge < -0.3 is 4.42 Å². The fourth-order valence-corrected chi connectivity index (χ4v) is 2.17. The molecule has 1 aromatic carbocycles. The maximum absolute atomic E-state index is 11.9. The Kier molecular flexibility index (Phi) is 8.32. The molecule has 2 rings (SSSR count). The van der Waals surface area contributed by atoms with Crippen LogP contribution in [0.25, 0.3) is 11.0 Å². The minimum Gasteiger partial charge on any atom is -0.456 e. The second kappa shape index (κ2) is 8.88. The van der Waals surface area contributed by atoms with Crippen LogP contribution in [0.1, 0.15) is 33.3 Å². The van der Waals surface area contributed by atoms with Crippen LogP contribution in [0.4, 0.5) is 0 Å². The highest BCUT2D eigenvalue weighted by Gasteiger charge is 2.07. The van der Waals surface area contributed by atoms with Gasteiger partial charge in [0.2, 0.25) is 0 Å². The van der Waals surface area contributed by atoms with Gasteiger partial charge in [-0.1, -0.05) is 48.4 Å². The standard InChI is InChI=1S/C11H11O2P.2C2H6/c1-7-10(12)8-5-3-4-6-9(8)13-11(7)14-2;2*1-2/h3-6,14H,1-2H3;2*1-2H3. The van der Waals surface area contributed by atoms with Crippen molar-refractivity contribution < 1.29 is 4.42 Å². The molecule has 1 atom stereocenters. The topological polar surface area (TPSA) is 30.2 Å². The van der Waals surface area contributed by atoms with E-state index in [4.69, 9.17) is 4.42 Å². The second-order valence-electron chi connectivity index (χ2n) is 3.13. The van der Waals surface area contributed by atoms with Crippen molar-refractivity contribution in [1.29, 1.82) is 0 Å². The molecule has 0 radical (unpaired) electrons. The smallest absolute Gasteiger partial charge is 0.196 e. The second-order valence-corrected chi connectivity index (χ2v) is 4.09. The Bertz CT molecular complexity index is 529. The largest absolute Gasteiger partial charge is 0.456 e. The molecule has 0 aliphatic carbocycles. The molecule has 0 spiro atoms. The number of hydrogen-bond acceptors (Lipinski definition) is 2. The zero-order chi connectivity index (χ0) is 14.1. The van der Waals surface area contributed by atoms with Crippen LogP contribution in [-0.2, 0) is 0 Å². The molecule has 0 amide bonds. The molecule has 1 unspecified atom stereocenters. The number of fused-ring (bicyclic) bond motifs is 1. The van der Waals surface area contributed by atoms with Crippen molar-refractivity contribution in [3.8, 4) is 0 Å². The van der Waals surface area contributed by atoms with Crippen LogP contribution in [-0.4, -0.2) is 6.66 Å². The van der Waals surface area contributed by atoms with E-state index in [1.54, 1.807) is 6.07 Å². The minimum absolute atomic E-state index is 0.0937. The SMILES string of the molecule is CC.CC.CPc1oc2ccccc2c(=O)c1C. The highest BCUT2D eigenvalue weighted by Crippen LogP contribution is 2.13. The summed E-state index contributed by atoms with van der Waals surface area (Å²) in [6.07, 6.45) is 0. The van der Waals surface area contributed by atoms with Gasteiger partial charge in [0.25, 0.3) is 0 Å². The molecule has 2 aromatic rings. The van der Waals surface area contributed by atoms with Gasteiger partial charge in [-0.05, 0) is 25.7 Å². The van der Waals surface area contributed by atoms with Crippen LogP contribution in [0.3, 0.4) is 0 Å². The lowest BCUT2D eigenvalue weighted by atomic mass is 10.2. The first-order valence-corrected chi connectivity index (χ1v) is 7.94. The molecule has 18 heavy (non-hydrogen) atoms. The number of rotatable bonds is 1. The van der Waals surface area contributed by atoms with Gasteiger partial charge in [0.1, 0.15) is 11.1 Å². The first-order chi connectivity index (χ1) is 8.74. The van der Waals surface area contributed by atoms with E-state index in [0.717, 1.165) is 11.1 Å². The highest BCUT2D eigenvalue weighted by atomic mass is 31.1. The Hall–Kier alpha value is -1.14. The monoisotopic (exact) mass is 266 g/mol. The van der Waals surface area contributed by atoms with E-state index < -0.39 is 0 Å². The summed E-state index contributed by atoms with van der Waals surface area (Å²) in [5.74, 6) is 0. The minimum atomic E-state index is 0.0937. The Labute approximate surface area is 111 Å². The first kappa shape index (κ1) is 16.9. The molecule has 3 heteroatoms. The number of benzene rings is 1. The Morgan fingerprint density at radius 1 is 1.06 bits per heavy atom. The maximum atomic E-state index is 11.9. The first-order valence-electron chi connectivity index (χ1n) is 6.44. The summed E-state index contributed by atoms with van der Waals surface area (Å²) in [4.78, 5) is 11.9. The van der Waals surface area contributed by atoms with Gasteiger partial charge >= 0.3 is 0 Å². The number of para-hydroxylation sites is 1. The van der Waals surface area contributed by atoms with Crippen molar-refractivity contribution >= 4 is 25.1 Å². The van der Waals surface area contributed by atoms with Crippen LogP contribution < -0.4 is 10.9 Å². The average Bonchev–Trinajstić information content (AvgIpc) is 2.47. The Morgan fingerprint density at radius 3 is 2.17 bits per heavy atom. The molecule has 0 saturated heterocycles. The van der Waals surface area contributed by atoms with E-state index >= 15 is 0 Å². The van der Waals surface area contributed by atoms with Gasteiger partial charge in [-0.3, -0.25) is 4.79 Å². The fourth-order valence-electron chi connectivity index (χ4n) is 1.47. The van der Waals surface area contributed by atoms with E-state index in [9.17, 15) is 4.79 Å². The molecule has 2 nitrogen and oxygen atoms in total. The van der Waals surface area contributed by atoms with E-state index in [2.05, 4.69) is 0 Å².